The third-order valence-electron chi connectivity index (χ3n) is 5.49. The van der Waals surface area contributed by atoms with E-state index in [2.05, 4.69) is 68.0 Å². The lowest BCUT2D eigenvalue weighted by atomic mass is 9.71. The summed E-state index contributed by atoms with van der Waals surface area (Å²) >= 11 is 3.65. The van der Waals surface area contributed by atoms with Crippen LogP contribution in [0.4, 0.5) is 0 Å². The smallest absolute Gasteiger partial charge is 0.123 e. The van der Waals surface area contributed by atoms with Gasteiger partial charge in [0.05, 0.1) is 15.4 Å². The van der Waals surface area contributed by atoms with Gasteiger partial charge in [0.25, 0.3) is 0 Å². The number of ether oxygens (including phenoxy) is 1. The first kappa shape index (κ1) is 18.1. The van der Waals surface area contributed by atoms with Gasteiger partial charge in [-0.25, -0.2) is 0 Å². The van der Waals surface area contributed by atoms with Crippen molar-refractivity contribution in [1.29, 1.82) is 0 Å². The monoisotopic (exact) mass is 381 g/mol. The van der Waals surface area contributed by atoms with E-state index < -0.39 is 0 Å². The first-order valence-corrected chi connectivity index (χ1v) is 11.8. The van der Waals surface area contributed by atoms with Crippen molar-refractivity contribution >= 4 is 24.7 Å². The molecule has 1 nitrogen and oxygen atoms in total. The molecule has 3 heteroatoms. The number of halogens is 1. The molecule has 0 atom stereocenters. The van der Waals surface area contributed by atoms with Crippen LogP contribution in [-0.4, -0.2) is 15.4 Å². The van der Waals surface area contributed by atoms with E-state index in [-0.39, 0.29) is 14.2 Å². The van der Waals surface area contributed by atoms with Gasteiger partial charge in [0, 0.05) is 10.0 Å². The van der Waals surface area contributed by atoms with Crippen LogP contribution in [0.5, 0.6) is 5.75 Å². The number of hydrogen-bond acceptors (Lipinski definition) is 1. The van der Waals surface area contributed by atoms with Crippen molar-refractivity contribution in [2.75, 3.05) is 6.61 Å². The van der Waals surface area contributed by atoms with Crippen molar-refractivity contribution in [2.24, 2.45) is 0 Å². The summed E-state index contributed by atoms with van der Waals surface area (Å²) in [6.45, 7) is 12.7. The summed E-state index contributed by atoms with van der Waals surface area (Å²) in [5.41, 5.74) is 1.67. The molecule has 2 rings (SSSR count). The molecule has 0 bridgehead atoms. The molecule has 123 valence electrons. The zero-order chi connectivity index (χ0) is 16.4. The van der Waals surface area contributed by atoms with Crippen LogP contribution in [0, 0.1) is 0 Å². The van der Waals surface area contributed by atoms with E-state index in [1.165, 1.54) is 37.7 Å². The molecule has 0 spiro atoms. The Morgan fingerprint density at radius 1 is 1.18 bits per heavy atom. The predicted molar refractivity (Wildman–Crippen MR) is 102 cm³/mol. The van der Waals surface area contributed by atoms with E-state index in [1.54, 1.807) is 0 Å². The Labute approximate surface area is 146 Å². The quantitative estimate of drug-likeness (QED) is 0.522. The van der Waals surface area contributed by atoms with Gasteiger partial charge in [-0.05, 0) is 41.5 Å². The molecule has 1 aliphatic rings. The van der Waals surface area contributed by atoms with Crippen LogP contribution in [0.3, 0.4) is 0 Å². The van der Waals surface area contributed by atoms with Crippen LogP contribution < -0.4 is 4.74 Å². The van der Waals surface area contributed by atoms with Crippen LogP contribution in [0.1, 0.15) is 58.4 Å². The molecule has 22 heavy (non-hydrogen) atoms. The van der Waals surface area contributed by atoms with Gasteiger partial charge in [-0.2, -0.15) is 0 Å². The summed E-state index contributed by atoms with van der Waals surface area (Å²) in [6.07, 6.45) is 6.61. The third kappa shape index (κ3) is 4.17. The van der Waals surface area contributed by atoms with Gasteiger partial charge >= 0.3 is 0 Å². The Bertz CT molecular complexity index is 504. The molecule has 0 heterocycles. The maximum Gasteiger partial charge on any atom is 0.123 e. The summed E-state index contributed by atoms with van der Waals surface area (Å²) in [4.78, 5) is 0. The zero-order valence-electron chi connectivity index (χ0n) is 14.8. The van der Waals surface area contributed by atoms with Crippen LogP contribution >= 0.6 is 15.9 Å². The van der Waals surface area contributed by atoms with Crippen molar-refractivity contribution in [3.8, 4) is 5.75 Å². The first-order chi connectivity index (χ1) is 10.2. The standard InChI is InChI=1S/C19H30BrOSi/c1-18(2,22(4)5)14-21-17-10-9-15(20)13-16(17)19(3)11-7-6-8-12-19/h9-10,13H,6-8,11-12,14H2,1-5H3. The maximum atomic E-state index is 6.34. The van der Waals surface area contributed by atoms with Crippen molar-refractivity contribution in [3.05, 3.63) is 28.2 Å². The summed E-state index contributed by atoms with van der Waals surface area (Å²) in [5, 5.41) is 0.294. The predicted octanol–water partition coefficient (Wildman–Crippen LogP) is 6.58. The van der Waals surface area contributed by atoms with Crippen molar-refractivity contribution in [3.63, 3.8) is 0 Å². The van der Waals surface area contributed by atoms with Gasteiger partial charge in [0.15, 0.2) is 0 Å². The molecule has 1 aromatic rings. The number of hydrogen-bond donors (Lipinski definition) is 0. The second-order valence-corrected chi connectivity index (χ2v) is 12.2. The molecular formula is C19H30BrOSi. The molecule has 0 N–H and O–H groups in total. The summed E-state index contributed by atoms with van der Waals surface area (Å²) < 4.78 is 7.50. The SMILES string of the molecule is C[Si](C)C(C)(C)COc1ccc(Br)cc1C1(C)CCCCC1. The molecule has 0 aliphatic heterocycles. The molecule has 0 aromatic heterocycles. The molecule has 0 amide bonds. The lowest BCUT2D eigenvalue weighted by Gasteiger charge is -2.36. The van der Waals surface area contributed by atoms with Gasteiger partial charge in [-0.3, -0.25) is 0 Å². The molecule has 1 fully saturated rings. The average Bonchev–Trinajstić information content (AvgIpc) is 2.46. The molecule has 0 unspecified atom stereocenters. The highest BCUT2D eigenvalue weighted by Crippen LogP contribution is 2.44. The largest absolute Gasteiger partial charge is 0.493 e. The van der Waals surface area contributed by atoms with Crippen LogP contribution in [-0.2, 0) is 5.41 Å². The van der Waals surface area contributed by atoms with Gasteiger partial charge in [0.2, 0.25) is 0 Å². The molecule has 1 aromatic carbocycles. The Kier molecular flexibility index (Phi) is 5.82. The highest BCUT2D eigenvalue weighted by Gasteiger charge is 2.32. The van der Waals surface area contributed by atoms with Crippen molar-refractivity contribution in [2.45, 2.75) is 76.4 Å². The molecular weight excluding hydrogens is 352 g/mol. The molecule has 1 radical (unpaired) electrons. The van der Waals surface area contributed by atoms with E-state index in [0.29, 0.717) is 5.04 Å². The summed E-state index contributed by atoms with van der Waals surface area (Å²) in [7, 11) is -0.375. The van der Waals surface area contributed by atoms with Crippen LogP contribution in [0.2, 0.25) is 18.1 Å². The minimum Gasteiger partial charge on any atom is -0.493 e. The van der Waals surface area contributed by atoms with Crippen molar-refractivity contribution in [1.82, 2.24) is 0 Å². The minimum atomic E-state index is -0.375. The fourth-order valence-corrected chi connectivity index (χ4v) is 3.83. The third-order valence-corrected chi connectivity index (χ3v) is 8.84. The fraction of sp³-hybridized carbons (Fsp3) is 0.684. The fourth-order valence-electron chi connectivity index (χ4n) is 3.10. The maximum absolute atomic E-state index is 6.34. The van der Waals surface area contributed by atoms with Crippen molar-refractivity contribution < 1.29 is 4.74 Å². The van der Waals surface area contributed by atoms with Gasteiger partial charge in [-0.15, -0.1) is 0 Å². The highest BCUT2D eigenvalue weighted by atomic mass is 79.9. The van der Waals surface area contributed by atoms with Crippen LogP contribution in [0.25, 0.3) is 0 Å². The Balaban J connectivity index is 2.24. The Morgan fingerprint density at radius 2 is 1.82 bits per heavy atom. The molecule has 1 saturated carbocycles. The zero-order valence-corrected chi connectivity index (χ0v) is 17.3. The average molecular weight is 382 g/mol. The lowest BCUT2D eigenvalue weighted by Crippen LogP contribution is -2.29. The Hall–Kier alpha value is -0.283. The van der Waals surface area contributed by atoms with E-state index in [0.717, 1.165) is 16.8 Å². The number of rotatable bonds is 5. The van der Waals surface area contributed by atoms with Crippen LogP contribution in [0.15, 0.2) is 22.7 Å². The van der Waals surface area contributed by atoms with Gasteiger partial charge in [-0.1, -0.05) is 69.1 Å². The Morgan fingerprint density at radius 3 is 2.41 bits per heavy atom. The highest BCUT2D eigenvalue weighted by molar-refractivity contribution is 9.10. The van der Waals surface area contributed by atoms with E-state index >= 15 is 0 Å². The lowest BCUT2D eigenvalue weighted by molar-refractivity contribution is 0.255. The second-order valence-electron chi connectivity index (χ2n) is 7.93. The first-order valence-electron chi connectivity index (χ1n) is 8.48. The van der Waals surface area contributed by atoms with E-state index in [9.17, 15) is 0 Å². The topological polar surface area (TPSA) is 9.23 Å². The summed E-state index contributed by atoms with van der Waals surface area (Å²) in [5.74, 6) is 1.10. The number of benzene rings is 1. The van der Waals surface area contributed by atoms with E-state index in [4.69, 9.17) is 4.74 Å². The van der Waals surface area contributed by atoms with Gasteiger partial charge in [0.1, 0.15) is 5.75 Å². The summed E-state index contributed by atoms with van der Waals surface area (Å²) in [6, 6.07) is 6.56. The minimum absolute atomic E-state index is 0.272. The van der Waals surface area contributed by atoms with Gasteiger partial charge < -0.3 is 4.74 Å². The molecule has 1 aliphatic carbocycles. The molecule has 0 saturated heterocycles. The normalized spacial score (nSPS) is 18.5. The van der Waals surface area contributed by atoms with E-state index in [1.807, 2.05) is 0 Å². The second kappa shape index (κ2) is 7.08.